The lowest BCUT2D eigenvalue weighted by atomic mass is 10.2. The van der Waals surface area contributed by atoms with E-state index in [1.165, 1.54) is 12.4 Å². The summed E-state index contributed by atoms with van der Waals surface area (Å²) in [7, 11) is 0. The molecule has 1 heterocycles. The molecule has 2 rings (SSSR count). The van der Waals surface area contributed by atoms with Crippen LogP contribution in [0.1, 0.15) is 0 Å². The Hall–Kier alpha value is -1.19. The van der Waals surface area contributed by atoms with Crippen molar-refractivity contribution in [2.45, 2.75) is 0 Å². The molecular formula is C9H6Cl2N2O. The van der Waals surface area contributed by atoms with Gasteiger partial charge < -0.3 is 5.21 Å². The molecule has 0 radical (unpaired) electrons. The molecule has 2 aromatic rings. The standard InChI is InChI=1S/C9H6Cl2N2O/c10-6-2-1-3-7(11)8(6)9-12-4-5-13(9)14/h1-5,14H. The SMILES string of the molecule is On1ccnc1-c1c(Cl)cccc1Cl. The highest BCUT2D eigenvalue weighted by Crippen LogP contribution is 2.32. The largest absolute Gasteiger partial charge is 0.427 e. The minimum atomic E-state index is 0.334. The Labute approximate surface area is 90.5 Å². The zero-order valence-electron chi connectivity index (χ0n) is 6.98. The van der Waals surface area contributed by atoms with E-state index in [4.69, 9.17) is 23.2 Å². The van der Waals surface area contributed by atoms with Crippen LogP contribution in [0.4, 0.5) is 0 Å². The van der Waals surface area contributed by atoms with Gasteiger partial charge in [-0.1, -0.05) is 29.3 Å². The van der Waals surface area contributed by atoms with Crippen LogP contribution in [0.3, 0.4) is 0 Å². The van der Waals surface area contributed by atoms with Gasteiger partial charge in [0, 0.05) is 6.20 Å². The van der Waals surface area contributed by atoms with Gasteiger partial charge in [0.2, 0.25) is 0 Å². The summed E-state index contributed by atoms with van der Waals surface area (Å²) in [5.74, 6) is 0.334. The van der Waals surface area contributed by atoms with E-state index < -0.39 is 0 Å². The number of imidazole rings is 1. The fourth-order valence-corrected chi connectivity index (χ4v) is 1.75. The maximum absolute atomic E-state index is 9.39. The van der Waals surface area contributed by atoms with Crippen molar-refractivity contribution in [2.24, 2.45) is 0 Å². The van der Waals surface area contributed by atoms with Gasteiger partial charge in [0.05, 0.1) is 21.8 Å². The van der Waals surface area contributed by atoms with E-state index in [1.807, 2.05) is 0 Å². The number of benzene rings is 1. The first-order valence-electron chi connectivity index (χ1n) is 3.87. The smallest absolute Gasteiger partial charge is 0.178 e. The summed E-state index contributed by atoms with van der Waals surface area (Å²) in [6.07, 6.45) is 2.88. The molecule has 72 valence electrons. The zero-order chi connectivity index (χ0) is 10.1. The molecule has 0 aliphatic rings. The van der Waals surface area contributed by atoms with Gasteiger partial charge in [-0.15, -0.1) is 0 Å². The molecule has 0 saturated carbocycles. The third-order valence-corrected chi connectivity index (χ3v) is 2.44. The molecular weight excluding hydrogens is 223 g/mol. The van der Waals surface area contributed by atoms with Gasteiger partial charge in [-0.2, -0.15) is 4.73 Å². The number of nitrogens with zero attached hydrogens (tertiary/aromatic N) is 2. The van der Waals surface area contributed by atoms with Crippen molar-refractivity contribution in [3.8, 4) is 11.4 Å². The van der Waals surface area contributed by atoms with Crippen LogP contribution in [0.25, 0.3) is 11.4 Å². The topological polar surface area (TPSA) is 38.0 Å². The van der Waals surface area contributed by atoms with E-state index in [2.05, 4.69) is 4.98 Å². The fourth-order valence-electron chi connectivity index (χ4n) is 1.19. The number of hydrogen-bond acceptors (Lipinski definition) is 2. The second kappa shape index (κ2) is 3.52. The van der Waals surface area contributed by atoms with E-state index in [-0.39, 0.29) is 0 Å². The minimum absolute atomic E-state index is 0.334. The van der Waals surface area contributed by atoms with E-state index >= 15 is 0 Å². The molecule has 1 N–H and O–H groups in total. The molecule has 0 bridgehead atoms. The molecule has 0 unspecified atom stereocenters. The second-order valence-electron chi connectivity index (χ2n) is 2.69. The zero-order valence-corrected chi connectivity index (χ0v) is 8.50. The molecule has 1 aromatic heterocycles. The van der Waals surface area contributed by atoms with E-state index in [0.717, 1.165) is 4.73 Å². The van der Waals surface area contributed by atoms with Crippen LogP contribution in [-0.2, 0) is 0 Å². The summed E-state index contributed by atoms with van der Waals surface area (Å²) in [5.41, 5.74) is 0.531. The number of aromatic nitrogens is 2. The van der Waals surface area contributed by atoms with Gasteiger partial charge in [0.25, 0.3) is 0 Å². The molecule has 0 aliphatic heterocycles. The highest BCUT2D eigenvalue weighted by molar-refractivity contribution is 6.38. The van der Waals surface area contributed by atoms with Crippen molar-refractivity contribution in [1.82, 2.24) is 9.71 Å². The highest BCUT2D eigenvalue weighted by Gasteiger charge is 2.12. The summed E-state index contributed by atoms with van der Waals surface area (Å²) in [6.45, 7) is 0. The maximum Gasteiger partial charge on any atom is 0.178 e. The molecule has 3 nitrogen and oxygen atoms in total. The van der Waals surface area contributed by atoms with Crippen LogP contribution in [-0.4, -0.2) is 14.9 Å². The van der Waals surface area contributed by atoms with Crippen molar-refractivity contribution in [3.05, 3.63) is 40.6 Å². The first kappa shape index (κ1) is 9.37. The summed E-state index contributed by atoms with van der Waals surface area (Å²) >= 11 is 11.9. The lowest BCUT2D eigenvalue weighted by molar-refractivity contribution is 0.191. The Bertz CT molecular complexity index is 447. The van der Waals surface area contributed by atoms with Crippen molar-refractivity contribution < 1.29 is 5.21 Å². The lowest BCUT2D eigenvalue weighted by Crippen LogP contribution is -1.94. The van der Waals surface area contributed by atoms with Gasteiger partial charge >= 0.3 is 0 Å². The highest BCUT2D eigenvalue weighted by atomic mass is 35.5. The third kappa shape index (κ3) is 1.45. The molecule has 14 heavy (non-hydrogen) atoms. The Kier molecular flexibility index (Phi) is 2.35. The van der Waals surface area contributed by atoms with Gasteiger partial charge in [-0.25, -0.2) is 4.98 Å². The van der Waals surface area contributed by atoms with Gasteiger partial charge in [0.1, 0.15) is 0 Å². The van der Waals surface area contributed by atoms with Crippen LogP contribution in [0.2, 0.25) is 10.0 Å². The van der Waals surface area contributed by atoms with Gasteiger partial charge in [-0.05, 0) is 12.1 Å². The third-order valence-electron chi connectivity index (χ3n) is 1.81. The first-order valence-corrected chi connectivity index (χ1v) is 4.62. The van der Waals surface area contributed by atoms with Crippen molar-refractivity contribution in [1.29, 1.82) is 0 Å². The summed E-state index contributed by atoms with van der Waals surface area (Å²) in [6, 6.07) is 5.12. The molecule has 0 aliphatic carbocycles. The normalized spacial score (nSPS) is 10.4. The Balaban J connectivity index is 2.68. The minimum Gasteiger partial charge on any atom is -0.427 e. The quantitative estimate of drug-likeness (QED) is 0.763. The molecule has 0 saturated heterocycles. The van der Waals surface area contributed by atoms with Crippen LogP contribution in [0, 0.1) is 0 Å². The fraction of sp³-hybridized carbons (Fsp3) is 0. The number of halogens is 2. The van der Waals surface area contributed by atoms with Crippen molar-refractivity contribution >= 4 is 23.2 Å². The number of rotatable bonds is 1. The van der Waals surface area contributed by atoms with Crippen molar-refractivity contribution in [2.75, 3.05) is 0 Å². The average Bonchev–Trinajstić information content (AvgIpc) is 2.52. The van der Waals surface area contributed by atoms with Crippen LogP contribution < -0.4 is 0 Å². The Morgan fingerprint density at radius 3 is 2.36 bits per heavy atom. The maximum atomic E-state index is 9.39. The Morgan fingerprint density at radius 2 is 1.86 bits per heavy atom. The van der Waals surface area contributed by atoms with E-state index in [9.17, 15) is 5.21 Å². The molecule has 0 fully saturated rings. The summed E-state index contributed by atoms with van der Waals surface area (Å²) < 4.78 is 0.882. The molecule has 0 spiro atoms. The summed E-state index contributed by atoms with van der Waals surface area (Å²) in [5, 5.41) is 10.3. The predicted molar refractivity (Wildman–Crippen MR) is 54.9 cm³/mol. The monoisotopic (exact) mass is 228 g/mol. The predicted octanol–water partition coefficient (Wildman–Crippen LogP) is 3.09. The number of hydrogen-bond donors (Lipinski definition) is 1. The van der Waals surface area contributed by atoms with Crippen LogP contribution in [0.15, 0.2) is 30.6 Å². The van der Waals surface area contributed by atoms with Gasteiger partial charge in [0.15, 0.2) is 5.82 Å². The summed E-state index contributed by atoms with van der Waals surface area (Å²) in [4.78, 5) is 3.95. The van der Waals surface area contributed by atoms with Crippen LogP contribution >= 0.6 is 23.2 Å². The van der Waals surface area contributed by atoms with Crippen molar-refractivity contribution in [3.63, 3.8) is 0 Å². The molecule has 5 heteroatoms. The Morgan fingerprint density at radius 1 is 1.21 bits per heavy atom. The van der Waals surface area contributed by atoms with Gasteiger partial charge in [-0.3, -0.25) is 0 Å². The lowest BCUT2D eigenvalue weighted by Gasteiger charge is -2.04. The van der Waals surface area contributed by atoms with E-state index in [1.54, 1.807) is 18.2 Å². The van der Waals surface area contributed by atoms with E-state index in [0.29, 0.717) is 21.4 Å². The molecule has 0 atom stereocenters. The second-order valence-corrected chi connectivity index (χ2v) is 3.51. The van der Waals surface area contributed by atoms with Crippen LogP contribution in [0.5, 0.6) is 0 Å². The first-order chi connectivity index (χ1) is 6.70. The molecule has 1 aromatic carbocycles. The average molecular weight is 229 g/mol. The molecule has 0 amide bonds.